The normalized spacial score (nSPS) is 24.3. The summed E-state index contributed by atoms with van der Waals surface area (Å²) in [6.07, 6.45) is 1.75. The average Bonchev–Trinajstić information content (AvgIpc) is 3.90. The van der Waals surface area contributed by atoms with Gasteiger partial charge < -0.3 is 14.7 Å². The molecule has 4 aliphatic rings. The summed E-state index contributed by atoms with van der Waals surface area (Å²) in [4.78, 5) is 86.2. The smallest absolute Gasteiger partial charge is 0.301 e. The van der Waals surface area contributed by atoms with E-state index in [9.17, 15) is 34.9 Å². The van der Waals surface area contributed by atoms with Gasteiger partial charge in [-0.15, -0.1) is 11.3 Å². The molecule has 2 aliphatic carbocycles. The molecule has 0 bridgehead atoms. The first kappa shape index (κ1) is 40.7. The van der Waals surface area contributed by atoms with Crippen molar-refractivity contribution in [2.75, 3.05) is 35.9 Å². The van der Waals surface area contributed by atoms with E-state index in [1.54, 1.807) is 44.3 Å². The van der Waals surface area contributed by atoms with Crippen LogP contribution in [-0.2, 0) is 26.2 Å². The van der Waals surface area contributed by atoms with Gasteiger partial charge in [0, 0.05) is 60.5 Å². The number of hydrogen-bond donors (Lipinski definition) is 1. The molecule has 0 unspecified atom stereocenters. The van der Waals surface area contributed by atoms with Crippen molar-refractivity contribution in [3.8, 4) is 22.1 Å². The van der Waals surface area contributed by atoms with Crippen LogP contribution in [0.25, 0.3) is 20.7 Å². The zero-order valence-corrected chi connectivity index (χ0v) is 35.7. The van der Waals surface area contributed by atoms with Crippen molar-refractivity contribution in [1.29, 1.82) is 0 Å². The lowest BCUT2D eigenvalue weighted by Gasteiger charge is -2.49. The zero-order valence-electron chi connectivity index (χ0n) is 34.1. The Bertz CT molecular complexity index is 2870. The van der Waals surface area contributed by atoms with E-state index in [0.717, 1.165) is 42.5 Å². The number of halogens is 1. The molecule has 9 rings (SSSR count). The lowest BCUT2D eigenvalue weighted by molar-refractivity contribution is -0.392. The number of benzene rings is 3. The number of amides is 4. The van der Waals surface area contributed by atoms with Gasteiger partial charge in [0.25, 0.3) is 0 Å². The van der Waals surface area contributed by atoms with Gasteiger partial charge in [-0.05, 0) is 80.0 Å². The number of phenolic OH excluding ortho intramolecular Hbond substituents is 1. The van der Waals surface area contributed by atoms with E-state index in [0.29, 0.717) is 22.0 Å². The van der Waals surface area contributed by atoms with Crippen molar-refractivity contribution in [3.05, 3.63) is 103 Å². The molecule has 3 aromatic carbocycles. The van der Waals surface area contributed by atoms with Gasteiger partial charge >= 0.3 is 11.4 Å². The second kappa shape index (κ2) is 14.2. The second-order valence-corrected chi connectivity index (χ2v) is 18.0. The number of ether oxygens (including phenoxy) is 1. The summed E-state index contributed by atoms with van der Waals surface area (Å²) in [6.45, 7) is 3.63. The number of aromatic hydroxyl groups is 1. The molecule has 0 radical (unpaired) electrons. The van der Waals surface area contributed by atoms with E-state index in [1.165, 1.54) is 48.2 Å². The molecule has 2 saturated heterocycles. The first-order chi connectivity index (χ1) is 29.4. The van der Waals surface area contributed by atoms with Crippen LogP contribution in [0.2, 0.25) is 5.02 Å². The number of carbonyl (C=O) groups is 4. The minimum atomic E-state index is -1.53. The van der Waals surface area contributed by atoms with Crippen molar-refractivity contribution < 1.29 is 38.9 Å². The third kappa shape index (κ3) is 5.68. The van der Waals surface area contributed by atoms with Crippen LogP contribution >= 0.6 is 22.9 Å². The number of imide groups is 2. The van der Waals surface area contributed by atoms with Gasteiger partial charge in [-0.1, -0.05) is 23.3 Å². The number of fused-ring (bicyclic) bond motifs is 5. The fraction of sp³-hybridized carbons (Fsp3) is 0.326. The summed E-state index contributed by atoms with van der Waals surface area (Å²) in [7, 11) is 5.90. The monoisotopic (exact) mass is 879 g/mol. The summed E-state index contributed by atoms with van der Waals surface area (Å²) in [6, 6.07) is 13.8. The van der Waals surface area contributed by atoms with Crippen LogP contribution in [0.5, 0.6) is 11.5 Å². The van der Waals surface area contributed by atoms with E-state index >= 15 is 9.59 Å². The molecule has 3 fully saturated rings. The van der Waals surface area contributed by atoms with Crippen molar-refractivity contribution >= 4 is 85.2 Å². The van der Waals surface area contributed by atoms with Crippen molar-refractivity contribution in [1.82, 2.24) is 9.78 Å². The lowest BCUT2D eigenvalue weighted by Crippen LogP contribution is -2.49. The van der Waals surface area contributed by atoms with Gasteiger partial charge in [-0.25, -0.2) is 9.80 Å². The Hall–Kier alpha value is -6.66. The molecule has 0 spiro atoms. The molecule has 4 heterocycles. The quantitative estimate of drug-likeness (QED) is 0.0704. The minimum Gasteiger partial charge on any atom is -0.508 e. The minimum absolute atomic E-state index is 0.0101. The maximum atomic E-state index is 15.2. The Labute approximate surface area is 362 Å². The van der Waals surface area contributed by atoms with Crippen molar-refractivity contribution in [2.24, 2.45) is 36.1 Å². The highest BCUT2D eigenvalue weighted by atomic mass is 35.5. The van der Waals surface area contributed by atoms with E-state index in [-0.39, 0.29) is 41.3 Å². The number of aromatic nitrogens is 2. The SMILES string of the molecule is COc1ccc(O)c([C@H]2C3=CC[C@@H]4C(=O)N(c5cc([N+](=O)[O-])c(N(C)C)c([N+](=O)[O-])c5)C(=O)[C@@H]4[C@@H]3C[C@H]3C(=O)N(c4cc(-c5sc6ccc(Cl)cc6c5C)nn4C)C(=O)[C@@]23C)c1. The van der Waals surface area contributed by atoms with E-state index in [1.807, 2.05) is 19.1 Å². The molecule has 19 heteroatoms. The second-order valence-electron chi connectivity index (χ2n) is 16.5. The first-order valence-corrected chi connectivity index (χ1v) is 20.8. The van der Waals surface area contributed by atoms with Crippen LogP contribution in [0.3, 0.4) is 0 Å². The zero-order chi connectivity index (χ0) is 44.4. The molecule has 2 aliphatic heterocycles. The number of rotatable bonds is 8. The average molecular weight is 880 g/mol. The van der Waals surface area contributed by atoms with Gasteiger partial charge in [-0.2, -0.15) is 5.10 Å². The highest BCUT2D eigenvalue weighted by Crippen LogP contribution is 2.65. The van der Waals surface area contributed by atoms with Crippen molar-refractivity contribution in [3.63, 3.8) is 0 Å². The Morgan fingerprint density at radius 3 is 2.29 bits per heavy atom. The number of phenols is 1. The number of hydrogen-bond acceptors (Lipinski definition) is 13. The maximum absolute atomic E-state index is 15.2. The summed E-state index contributed by atoms with van der Waals surface area (Å²) in [5.41, 5.74) is -1.21. The summed E-state index contributed by atoms with van der Waals surface area (Å²) in [5, 5.41) is 42.3. The third-order valence-electron chi connectivity index (χ3n) is 13.2. The number of carbonyl (C=O) groups excluding carboxylic acids is 4. The third-order valence-corrected chi connectivity index (χ3v) is 14.7. The fourth-order valence-electron chi connectivity index (χ4n) is 10.4. The topological polar surface area (TPSA) is 212 Å². The van der Waals surface area contributed by atoms with Gasteiger partial charge in [0.05, 0.1) is 50.7 Å². The predicted octanol–water partition coefficient (Wildman–Crippen LogP) is 7.30. The maximum Gasteiger partial charge on any atom is 0.301 e. The highest BCUT2D eigenvalue weighted by molar-refractivity contribution is 7.22. The number of nitro groups is 2. The molecular weight excluding hydrogens is 842 g/mol. The van der Waals surface area contributed by atoms with Crippen LogP contribution < -0.4 is 19.4 Å². The van der Waals surface area contributed by atoms with E-state index < -0.39 is 79.9 Å². The molecule has 62 heavy (non-hydrogen) atoms. The molecular formula is C43H38ClN7O10S. The van der Waals surface area contributed by atoms with Gasteiger partial charge in [0.1, 0.15) is 23.0 Å². The molecule has 6 atom stereocenters. The molecule has 4 amide bonds. The lowest BCUT2D eigenvalue weighted by atomic mass is 9.51. The fourth-order valence-corrected chi connectivity index (χ4v) is 11.7. The molecule has 1 saturated carbocycles. The summed E-state index contributed by atoms with van der Waals surface area (Å²) >= 11 is 7.81. The number of nitro benzene ring substituents is 2. The Balaban J connectivity index is 1.16. The molecule has 5 aromatic rings. The van der Waals surface area contributed by atoms with Crippen LogP contribution in [0.1, 0.15) is 36.8 Å². The van der Waals surface area contributed by atoms with Crippen LogP contribution in [0.4, 0.5) is 28.6 Å². The summed E-state index contributed by atoms with van der Waals surface area (Å²) in [5.74, 6) is -7.17. The number of aryl methyl sites for hydroxylation is 2. The molecule has 2 aromatic heterocycles. The number of nitrogens with zero attached hydrogens (tertiary/aromatic N) is 7. The van der Waals surface area contributed by atoms with Gasteiger partial charge in [0.15, 0.2) is 5.69 Å². The van der Waals surface area contributed by atoms with Crippen LogP contribution in [-0.4, -0.2) is 69.6 Å². The summed E-state index contributed by atoms with van der Waals surface area (Å²) < 4.78 is 8.00. The molecule has 318 valence electrons. The highest BCUT2D eigenvalue weighted by Gasteiger charge is 2.68. The number of thiophene rings is 1. The standard InChI is InChI=1S/C43H38ClN7O10S/c1-19-25-13-20(44)7-12-33(25)62-38(19)29-18-34(47(5)45-29)49-40(54)28-17-26-23(36(43(28,2)42(49)56)27-16-22(61-6)8-11-32(27)52)9-10-24-35(26)41(55)48(39(24)53)21-14-30(50(57)58)37(46(3)4)31(15-21)51(59)60/h7-9,11-16,18,24,26,28,35-36,52H,10,17H2,1-6H3/t24-,26+,28-,35-,36+,43+/m0/s1. The largest absolute Gasteiger partial charge is 0.508 e. The van der Waals surface area contributed by atoms with Crippen LogP contribution in [0.15, 0.2) is 66.2 Å². The number of anilines is 3. The van der Waals surface area contributed by atoms with Gasteiger partial charge in [-0.3, -0.25) is 44.1 Å². The number of methoxy groups -OCH3 is 1. The van der Waals surface area contributed by atoms with Gasteiger partial charge in [0.2, 0.25) is 23.6 Å². The first-order valence-electron chi connectivity index (χ1n) is 19.6. The Morgan fingerprint density at radius 1 is 0.952 bits per heavy atom. The van der Waals surface area contributed by atoms with E-state index in [2.05, 4.69) is 0 Å². The predicted molar refractivity (Wildman–Crippen MR) is 230 cm³/mol. The van der Waals surface area contributed by atoms with E-state index in [4.69, 9.17) is 21.4 Å². The molecule has 17 nitrogen and oxygen atoms in total. The Morgan fingerprint density at radius 2 is 1.65 bits per heavy atom. The Kier molecular flexibility index (Phi) is 9.33. The van der Waals surface area contributed by atoms with Crippen LogP contribution in [0, 0.1) is 56.2 Å². The number of allylic oxidation sites excluding steroid dienone is 2. The molecule has 1 N–H and O–H groups in total. The van der Waals surface area contributed by atoms with Crippen molar-refractivity contribution in [2.45, 2.75) is 32.6 Å².